The summed E-state index contributed by atoms with van der Waals surface area (Å²) in [5.41, 5.74) is 2.17. The number of nitrogens with zero attached hydrogens (tertiary/aromatic N) is 1. The number of para-hydroxylation sites is 1. The van der Waals surface area contributed by atoms with E-state index >= 15 is 0 Å². The van der Waals surface area contributed by atoms with Gasteiger partial charge in [0.15, 0.2) is 0 Å². The van der Waals surface area contributed by atoms with Gasteiger partial charge in [-0.3, -0.25) is 4.79 Å². The number of carbonyl (C=O) groups excluding carboxylic acids is 1. The Morgan fingerprint density at radius 3 is 2.68 bits per heavy atom. The SMILES string of the molecule is C=CC(=O)N(C)CC(=N)c1ccccc1NC1=CC=C(OC(F)(F)F)C(C)C1. The molecule has 0 radical (unpaired) electrons. The van der Waals surface area contributed by atoms with Gasteiger partial charge in [0, 0.05) is 29.9 Å². The van der Waals surface area contributed by atoms with Gasteiger partial charge in [-0.2, -0.15) is 0 Å². The molecule has 1 amide bonds. The highest BCUT2D eigenvalue weighted by Crippen LogP contribution is 2.32. The molecule has 28 heavy (non-hydrogen) atoms. The van der Waals surface area contributed by atoms with Gasteiger partial charge in [-0.1, -0.05) is 31.7 Å². The van der Waals surface area contributed by atoms with E-state index in [0.717, 1.165) is 0 Å². The van der Waals surface area contributed by atoms with Gasteiger partial charge in [-0.15, -0.1) is 13.2 Å². The molecule has 1 aromatic rings. The summed E-state index contributed by atoms with van der Waals surface area (Å²) >= 11 is 0. The van der Waals surface area contributed by atoms with Crippen molar-refractivity contribution in [2.75, 3.05) is 18.9 Å². The van der Waals surface area contributed by atoms with Crippen molar-refractivity contribution in [3.8, 4) is 0 Å². The van der Waals surface area contributed by atoms with E-state index in [4.69, 9.17) is 5.41 Å². The first-order chi connectivity index (χ1) is 13.1. The third kappa shape index (κ3) is 5.73. The van der Waals surface area contributed by atoms with Crippen molar-refractivity contribution < 1.29 is 22.7 Å². The number of benzene rings is 1. The van der Waals surface area contributed by atoms with Gasteiger partial charge in [0.25, 0.3) is 0 Å². The summed E-state index contributed by atoms with van der Waals surface area (Å²) < 4.78 is 41.3. The molecule has 0 bridgehead atoms. The molecule has 0 heterocycles. The van der Waals surface area contributed by atoms with Crippen molar-refractivity contribution in [1.82, 2.24) is 4.90 Å². The monoisotopic (exact) mass is 393 g/mol. The number of likely N-dealkylation sites (N-methyl/N-ethyl adjacent to an activating group) is 1. The van der Waals surface area contributed by atoms with E-state index in [1.54, 1.807) is 38.2 Å². The fourth-order valence-electron chi connectivity index (χ4n) is 2.79. The summed E-state index contributed by atoms with van der Waals surface area (Å²) in [6, 6.07) is 7.09. The quantitative estimate of drug-likeness (QED) is 0.531. The zero-order valence-corrected chi connectivity index (χ0v) is 15.6. The fourth-order valence-corrected chi connectivity index (χ4v) is 2.79. The van der Waals surface area contributed by atoms with Crippen LogP contribution >= 0.6 is 0 Å². The minimum Gasteiger partial charge on any atom is -0.410 e. The van der Waals surface area contributed by atoms with Gasteiger partial charge in [0.1, 0.15) is 5.76 Å². The molecular formula is C20H22F3N3O2. The van der Waals surface area contributed by atoms with Crippen LogP contribution in [0, 0.1) is 11.3 Å². The molecule has 0 saturated heterocycles. The lowest BCUT2D eigenvalue weighted by molar-refractivity contribution is -0.308. The Hall–Kier alpha value is -3.03. The normalized spacial score (nSPS) is 16.5. The zero-order chi connectivity index (χ0) is 20.9. The van der Waals surface area contributed by atoms with Gasteiger partial charge in [0.05, 0.1) is 12.3 Å². The summed E-state index contributed by atoms with van der Waals surface area (Å²) in [7, 11) is 1.58. The Labute approximate surface area is 161 Å². The first-order valence-corrected chi connectivity index (χ1v) is 8.58. The van der Waals surface area contributed by atoms with Crippen LogP contribution in [-0.2, 0) is 9.53 Å². The number of amides is 1. The summed E-state index contributed by atoms with van der Waals surface area (Å²) in [5, 5.41) is 11.5. The molecule has 1 unspecified atom stereocenters. The molecule has 5 nitrogen and oxygen atoms in total. The van der Waals surface area contributed by atoms with E-state index < -0.39 is 12.3 Å². The molecule has 1 aliphatic rings. The molecular weight excluding hydrogens is 371 g/mol. The second-order valence-electron chi connectivity index (χ2n) is 6.46. The Morgan fingerprint density at radius 2 is 2.07 bits per heavy atom. The predicted molar refractivity (Wildman–Crippen MR) is 102 cm³/mol. The average molecular weight is 393 g/mol. The van der Waals surface area contributed by atoms with Gasteiger partial charge in [0.2, 0.25) is 5.91 Å². The second-order valence-corrected chi connectivity index (χ2v) is 6.46. The largest absolute Gasteiger partial charge is 0.572 e. The summed E-state index contributed by atoms with van der Waals surface area (Å²) in [4.78, 5) is 13.0. The van der Waals surface area contributed by atoms with E-state index in [-0.39, 0.29) is 23.9 Å². The van der Waals surface area contributed by atoms with Crippen molar-refractivity contribution in [2.24, 2.45) is 5.92 Å². The summed E-state index contributed by atoms with van der Waals surface area (Å²) in [5.74, 6) is -0.873. The molecule has 2 N–H and O–H groups in total. The molecule has 2 rings (SSSR count). The van der Waals surface area contributed by atoms with Crippen LogP contribution in [0.3, 0.4) is 0 Å². The van der Waals surface area contributed by atoms with E-state index in [2.05, 4.69) is 16.6 Å². The van der Waals surface area contributed by atoms with Crippen molar-refractivity contribution in [3.05, 3.63) is 66.1 Å². The van der Waals surface area contributed by atoms with Crippen LogP contribution < -0.4 is 5.32 Å². The van der Waals surface area contributed by atoms with Crippen LogP contribution in [0.15, 0.2) is 60.5 Å². The second kappa shape index (κ2) is 8.77. The van der Waals surface area contributed by atoms with Crippen LogP contribution in [-0.4, -0.2) is 36.5 Å². The fraction of sp³-hybridized carbons (Fsp3) is 0.300. The summed E-state index contributed by atoms with van der Waals surface area (Å²) in [6.07, 6.45) is -0.365. The lowest BCUT2D eigenvalue weighted by Crippen LogP contribution is -2.31. The first kappa shape index (κ1) is 21.3. The number of allylic oxidation sites excluding steroid dienone is 4. The smallest absolute Gasteiger partial charge is 0.410 e. The lowest BCUT2D eigenvalue weighted by Gasteiger charge is -2.24. The van der Waals surface area contributed by atoms with Crippen LogP contribution in [0.5, 0.6) is 0 Å². The molecule has 0 aromatic heterocycles. The molecule has 1 aliphatic carbocycles. The highest BCUT2D eigenvalue weighted by Gasteiger charge is 2.34. The maximum atomic E-state index is 12.4. The number of hydrogen-bond acceptors (Lipinski definition) is 4. The predicted octanol–water partition coefficient (Wildman–Crippen LogP) is 4.45. The zero-order valence-electron chi connectivity index (χ0n) is 15.6. The number of rotatable bonds is 7. The highest BCUT2D eigenvalue weighted by atomic mass is 19.4. The number of alkyl halides is 3. The van der Waals surface area contributed by atoms with Crippen molar-refractivity contribution in [2.45, 2.75) is 19.7 Å². The van der Waals surface area contributed by atoms with Crippen LogP contribution in [0.25, 0.3) is 0 Å². The number of carbonyl (C=O) groups is 1. The van der Waals surface area contributed by atoms with Crippen LogP contribution in [0.2, 0.25) is 0 Å². The molecule has 150 valence electrons. The minimum absolute atomic E-state index is 0.0997. The summed E-state index contributed by atoms with van der Waals surface area (Å²) in [6.45, 7) is 5.17. The highest BCUT2D eigenvalue weighted by molar-refractivity contribution is 6.06. The van der Waals surface area contributed by atoms with E-state index in [0.29, 0.717) is 23.4 Å². The maximum Gasteiger partial charge on any atom is 0.572 e. The van der Waals surface area contributed by atoms with Crippen molar-refractivity contribution in [1.29, 1.82) is 5.41 Å². The van der Waals surface area contributed by atoms with Gasteiger partial charge in [-0.25, -0.2) is 0 Å². The van der Waals surface area contributed by atoms with Gasteiger partial charge < -0.3 is 20.4 Å². The Balaban J connectivity index is 2.16. The Morgan fingerprint density at radius 1 is 1.39 bits per heavy atom. The standard InChI is InChI=1S/C20H22F3N3O2/c1-4-19(27)26(3)12-16(24)15-7-5-6-8-17(15)25-14-9-10-18(13(2)11-14)28-20(21,22)23/h4-10,13,24-25H,1,11-12H2,2-3H3. The number of hydrogen-bond donors (Lipinski definition) is 2. The number of anilines is 1. The maximum absolute atomic E-state index is 12.4. The Kier molecular flexibility index (Phi) is 6.66. The molecule has 0 spiro atoms. The van der Waals surface area contributed by atoms with Gasteiger partial charge in [-0.05, 0) is 30.7 Å². The first-order valence-electron chi connectivity index (χ1n) is 8.58. The number of nitrogens with one attached hydrogen (secondary N) is 2. The van der Waals surface area contributed by atoms with Crippen molar-refractivity contribution in [3.63, 3.8) is 0 Å². The molecule has 8 heteroatoms. The molecule has 0 fully saturated rings. The Bertz CT molecular complexity index is 828. The third-order valence-electron chi connectivity index (χ3n) is 4.19. The molecule has 1 aromatic carbocycles. The van der Waals surface area contributed by atoms with Crippen molar-refractivity contribution >= 4 is 17.3 Å². The lowest BCUT2D eigenvalue weighted by atomic mass is 9.97. The topological polar surface area (TPSA) is 65.4 Å². The number of halogens is 3. The van der Waals surface area contributed by atoms with Crippen LogP contribution in [0.1, 0.15) is 18.9 Å². The molecule has 0 aliphatic heterocycles. The van der Waals surface area contributed by atoms with Crippen LogP contribution in [0.4, 0.5) is 18.9 Å². The third-order valence-corrected chi connectivity index (χ3v) is 4.19. The average Bonchev–Trinajstić information content (AvgIpc) is 2.62. The molecule has 1 atom stereocenters. The molecule has 0 saturated carbocycles. The van der Waals surface area contributed by atoms with E-state index in [9.17, 15) is 18.0 Å². The van der Waals surface area contributed by atoms with E-state index in [1.807, 2.05) is 0 Å². The van der Waals surface area contributed by atoms with Gasteiger partial charge >= 0.3 is 6.36 Å². The number of ether oxygens (including phenoxy) is 1. The minimum atomic E-state index is -4.71. The van der Waals surface area contributed by atoms with E-state index in [1.165, 1.54) is 23.1 Å².